The Morgan fingerprint density at radius 3 is 2.51 bits per heavy atom. The number of likely N-dealkylation sites (tertiary alicyclic amines) is 1. The molecule has 0 bridgehead atoms. The van der Waals surface area contributed by atoms with E-state index in [2.05, 4.69) is 10.6 Å². The molecule has 3 aliphatic heterocycles. The third kappa shape index (κ3) is 3.74. The summed E-state index contributed by atoms with van der Waals surface area (Å²) in [6, 6.07) is 7.92. The minimum Gasteiger partial charge on any atom is -0.493 e. The standard InChI is InChI=1S/C26H27ClN4O6/c1-12-8-14(27)10-15-22(12)29-25(35)26(15)21-20(16(30-26)11-19(28)32)23(33)31(24(21)34)7-6-13-4-5-17(36-2)18(9-13)37-3/h4-5,8-10,16,20-21,30H,6-7,11H2,1-3H3,(H2,28,32)(H,29,35). The molecular formula is C26H27ClN4O6. The van der Waals surface area contributed by atoms with Crippen molar-refractivity contribution >= 4 is 40.9 Å². The van der Waals surface area contributed by atoms with Crippen molar-refractivity contribution in [3.8, 4) is 11.5 Å². The van der Waals surface area contributed by atoms with E-state index >= 15 is 0 Å². The van der Waals surface area contributed by atoms with E-state index in [4.69, 9.17) is 26.8 Å². The second kappa shape index (κ2) is 9.04. The van der Waals surface area contributed by atoms with Crippen LogP contribution in [0.1, 0.15) is 23.1 Å². The number of imide groups is 1. The molecule has 10 nitrogen and oxygen atoms in total. The molecule has 3 heterocycles. The second-order valence-corrected chi connectivity index (χ2v) is 10.0. The average molecular weight is 527 g/mol. The Balaban J connectivity index is 1.51. The van der Waals surface area contributed by atoms with E-state index in [9.17, 15) is 19.2 Å². The largest absolute Gasteiger partial charge is 0.493 e. The van der Waals surface area contributed by atoms with Gasteiger partial charge in [-0.3, -0.25) is 29.4 Å². The fourth-order valence-corrected chi connectivity index (χ4v) is 6.26. The van der Waals surface area contributed by atoms with Crippen LogP contribution in [0.3, 0.4) is 0 Å². The number of anilines is 1. The van der Waals surface area contributed by atoms with Crippen molar-refractivity contribution in [1.29, 1.82) is 0 Å². The van der Waals surface area contributed by atoms with Gasteiger partial charge in [-0.25, -0.2) is 0 Å². The molecule has 0 radical (unpaired) electrons. The summed E-state index contributed by atoms with van der Waals surface area (Å²) < 4.78 is 10.6. The van der Waals surface area contributed by atoms with Gasteiger partial charge < -0.3 is 20.5 Å². The lowest BCUT2D eigenvalue weighted by Gasteiger charge is -2.29. The first-order chi connectivity index (χ1) is 17.6. The highest BCUT2D eigenvalue weighted by molar-refractivity contribution is 6.31. The fraction of sp³-hybridized carbons (Fsp3) is 0.385. The van der Waals surface area contributed by atoms with E-state index in [0.29, 0.717) is 34.2 Å². The quantitative estimate of drug-likeness (QED) is 0.464. The van der Waals surface area contributed by atoms with Crippen LogP contribution in [0.15, 0.2) is 30.3 Å². The first-order valence-electron chi connectivity index (χ1n) is 11.9. The molecule has 5 rings (SSSR count). The molecule has 4 N–H and O–H groups in total. The molecule has 2 saturated heterocycles. The molecule has 2 aromatic carbocycles. The maximum atomic E-state index is 13.9. The third-order valence-corrected chi connectivity index (χ3v) is 7.79. The first-order valence-corrected chi connectivity index (χ1v) is 12.2. The molecule has 4 unspecified atom stereocenters. The summed E-state index contributed by atoms with van der Waals surface area (Å²) >= 11 is 6.34. The van der Waals surface area contributed by atoms with Crippen molar-refractivity contribution in [3.05, 3.63) is 52.0 Å². The Kier molecular flexibility index (Phi) is 6.12. The van der Waals surface area contributed by atoms with E-state index in [1.54, 1.807) is 31.2 Å². The number of nitrogens with two attached hydrogens (primary N) is 1. The molecule has 4 atom stereocenters. The normalized spacial score (nSPS) is 25.9. The number of hydrogen-bond donors (Lipinski definition) is 3. The predicted octanol–water partition coefficient (Wildman–Crippen LogP) is 1.50. The number of nitrogens with zero attached hydrogens (tertiary/aromatic N) is 1. The van der Waals surface area contributed by atoms with E-state index in [0.717, 1.165) is 11.1 Å². The zero-order valence-electron chi connectivity index (χ0n) is 20.6. The van der Waals surface area contributed by atoms with E-state index in [1.807, 2.05) is 6.07 Å². The van der Waals surface area contributed by atoms with Gasteiger partial charge >= 0.3 is 0 Å². The number of fused-ring (bicyclic) bond motifs is 4. The number of carbonyl (C=O) groups excluding carboxylic acids is 4. The highest BCUT2D eigenvalue weighted by atomic mass is 35.5. The summed E-state index contributed by atoms with van der Waals surface area (Å²) in [6.45, 7) is 1.90. The van der Waals surface area contributed by atoms with Crippen LogP contribution in [-0.4, -0.2) is 55.3 Å². The van der Waals surface area contributed by atoms with E-state index in [-0.39, 0.29) is 13.0 Å². The summed E-state index contributed by atoms with van der Waals surface area (Å²) in [4.78, 5) is 54.1. The van der Waals surface area contributed by atoms with Crippen LogP contribution in [0, 0.1) is 18.8 Å². The van der Waals surface area contributed by atoms with Crippen molar-refractivity contribution in [1.82, 2.24) is 10.2 Å². The third-order valence-electron chi connectivity index (χ3n) is 7.57. The monoisotopic (exact) mass is 526 g/mol. The highest BCUT2D eigenvalue weighted by Gasteiger charge is 2.70. The van der Waals surface area contributed by atoms with Crippen LogP contribution in [0.5, 0.6) is 11.5 Å². The summed E-state index contributed by atoms with van der Waals surface area (Å²) in [7, 11) is 3.07. The molecule has 194 valence electrons. The van der Waals surface area contributed by atoms with Crippen LogP contribution in [0.4, 0.5) is 5.69 Å². The molecule has 3 aliphatic rings. The number of halogens is 1. The van der Waals surface area contributed by atoms with Gasteiger partial charge in [0.15, 0.2) is 11.5 Å². The maximum Gasteiger partial charge on any atom is 0.250 e. The smallest absolute Gasteiger partial charge is 0.250 e. The van der Waals surface area contributed by atoms with Gasteiger partial charge in [0.1, 0.15) is 5.54 Å². The molecule has 0 aromatic heterocycles. The lowest BCUT2D eigenvalue weighted by Crippen LogP contribution is -2.53. The van der Waals surface area contributed by atoms with Crippen LogP contribution >= 0.6 is 11.6 Å². The molecule has 0 saturated carbocycles. The lowest BCUT2D eigenvalue weighted by molar-refractivity contribution is -0.142. The summed E-state index contributed by atoms with van der Waals surface area (Å²) in [5.41, 5.74) is 6.55. The number of primary amides is 1. The zero-order chi connectivity index (χ0) is 26.6. The summed E-state index contributed by atoms with van der Waals surface area (Å²) in [6.07, 6.45) is 0.166. The Morgan fingerprint density at radius 2 is 1.84 bits per heavy atom. The SMILES string of the molecule is COc1ccc(CCN2C(=O)C3C(CC(N)=O)NC4(C(=O)Nc5c(C)cc(Cl)cc54)C3C2=O)cc1OC. The van der Waals surface area contributed by atoms with Gasteiger partial charge in [0.2, 0.25) is 23.6 Å². The molecule has 2 fully saturated rings. The number of aryl methyl sites for hydroxylation is 1. The van der Waals surface area contributed by atoms with Gasteiger partial charge in [-0.05, 0) is 48.7 Å². The molecular weight excluding hydrogens is 500 g/mol. The summed E-state index contributed by atoms with van der Waals surface area (Å²) in [5, 5.41) is 6.43. The Bertz CT molecular complexity index is 1350. The van der Waals surface area contributed by atoms with Crippen molar-refractivity contribution in [3.63, 3.8) is 0 Å². The number of methoxy groups -OCH3 is 2. The second-order valence-electron chi connectivity index (χ2n) is 9.60. The van der Waals surface area contributed by atoms with Crippen LogP contribution in [-0.2, 0) is 31.1 Å². The van der Waals surface area contributed by atoms with Crippen molar-refractivity contribution in [2.75, 3.05) is 26.1 Å². The van der Waals surface area contributed by atoms with Gasteiger partial charge in [0.25, 0.3) is 0 Å². The fourth-order valence-electron chi connectivity index (χ4n) is 5.98. The average Bonchev–Trinajstić information content (AvgIpc) is 3.42. The Labute approximate surface area is 218 Å². The number of ether oxygens (including phenoxy) is 2. The molecule has 1 spiro atoms. The highest BCUT2D eigenvalue weighted by Crippen LogP contribution is 2.54. The van der Waals surface area contributed by atoms with Gasteiger partial charge in [-0.2, -0.15) is 0 Å². The molecule has 11 heteroatoms. The zero-order valence-corrected chi connectivity index (χ0v) is 21.3. The van der Waals surface area contributed by atoms with Crippen molar-refractivity contribution < 1.29 is 28.7 Å². The van der Waals surface area contributed by atoms with Gasteiger partial charge in [0.05, 0.1) is 26.1 Å². The number of nitrogens with one attached hydrogen (secondary N) is 2. The molecule has 2 aromatic rings. The van der Waals surface area contributed by atoms with Crippen LogP contribution in [0.25, 0.3) is 0 Å². The number of hydrogen-bond acceptors (Lipinski definition) is 7. The minimum absolute atomic E-state index is 0.0998. The number of rotatable bonds is 7. The van der Waals surface area contributed by atoms with Gasteiger partial charge in [0, 0.05) is 35.3 Å². The lowest BCUT2D eigenvalue weighted by atomic mass is 9.76. The molecule has 4 amide bonds. The minimum atomic E-state index is -1.54. The topological polar surface area (TPSA) is 140 Å². The number of benzene rings is 2. The first kappa shape index (κ1) is 25.0. The molecule has 37 heavy (non-hydrogen) atoms. The van der Waals surface area contributed by atoms with Crippen molar-refractivity contribution in [2.24, 2.45) is 17.6 Å². The Hall–Kier alpha value is -3.63. The van der Waals surface area contributed by atoms with Crippen LogP contribution in [0.2, 0.25) is 5.02 Å². The van der Waals surface area contributed by atoms with Gasteiger partial charge in [-0.1, -0.05) is 17.7 Å². The van der Waals surface area contributed by atoms with E-state index in [1.165, 1.54) is 19.1 Å². The summed E-state index contributed by atoms with van der Waals surface area (Å²) in [5.74, 6) is -2.89. The molecule has 0 aliphatic carbocycles. The maximum absolute atomic E-state index is 13.9. The predicted molar refractivity (Wildman–Crippen MR) is 134 cm³/mol. The number of amides is 4. The Morgan fingerprint density at radius 1 is 1.11 bits per heavy atom. The van der Waals surface area contributed by atoms with Crippen LogP contribution < -0.4 is 25.8 Å². The van der Waals surface area contributed by atoms with E-state index < -0.39 is 47.0 Å². The number of carbonyl (C=O) groups is 4. The van der Waals surface area contributed by atoms with Gasteiger partial charge in [-0.15, -0.1) is 0 Å². The van der Waals surface area contributed by atoms with Crippen molar-refractivity contribution in [2.45, 2.75) is 31.3 Å².